The molecule has 2 heterocycles. The van der Waals surface area contributed by atoms with Gasteiger partial charge in [0.25, 0.3) is 0 Å². The molecule has 3 unspecified atom stereocenters. The van der Waals surface area contributed by atoms with Gasteiger partial charge in [-0.25, -0.2) is 0 Å². The van der Waals surface area contributed by atoms with Gasteiger partial charge in [-0.05, 0) is 36.5 Å². The van der Waals surface area contributed by atoms with Crippen molar-refractivity contribution in [3.8, 4) is 5.75 Å². The molecule has 0 radical (unpaired) electrons. The molecule has 4 heteroatoms. The van der Waals surface area contributed by atoms with E-state index in [0.29, 0.717) is 12.5 Å². The fraction of sp³-hybridized carbons (Fsp3) is 0.625. The van der Waals surface area contributed by atoms with Crippen LogP contribution in [-0.2, 0) is 9.47 Å². The van der Waals surface area contributed by atoms with Crippen molar-refractivity contribution in [2.24, 2.45) is 11.7 Å². The number of methoxy groups -OCH3 is 1. The van der Waals surface area contributed by atoms with E-state index < -0.39 is 0 Å². The van der Waals surface area contributed by atoms with Crippen LogP contribution < -0.4 is 10.5 Å². The lowest BCUT2D eigenvalue weighted by atomic mass is 9.79. The minimum absolute atomic E-state index is 0.0338. The zero-order chi connectivity index (χ0) is 14.0. The summed E-state index contributed by atoms with van der Waals surface area (Å²) in [4.78, 5) is 0. The molecule has 2 aliphatic heterocycles. The molecular formula is C16H23NO3. The molecule has 2 aliphatic rings. The van der Waals surface area contributed by atoms with E-state index in [1.54, 1.807) is 7.11 Å². The third-order valence-corrected chi connectivity index (χ3v) is 4.58. The second kappa shape index (κ2) is 5.72. The highest BCUT2D eigenvalue weighted by atomic mass is 16.6. The maximum atomic E-state index is 6.49. The first kappa shape index (κ1) is 13.9. The maximum Gasteiger partial charge on any atom is 0.119 e. The number of rotatable bonds is 3. The van der Waals surface area contributed by atoms with Crippen molar-refractivity contribution in [1.82, 2.24) is 0 Å². The number of hydrogen-bond donors (Lipinski definition) is 1. The fourth-order valence-corrected chi connectivity index (χ4v) is 3.36. The Morgan fingerprint density at radius 3 is 3.05 bits per heavy atom. The SMILES string of the molecule is COc1cccc(C(N)C2CCOC3(CCOC3)C2)c1. The van der Waals surface area contributed by atoms with Crippen molar-refractivity contribution in [1.29, 1.82) is 0 Å². The van der Waals surface area contributed by atoms with Crippen molar-refractivity contribution < 1.29 is 14.2 Å². The van der Waals surface area contributed by atoms with Crippen molar-refractivity contribution >= 4 is 0 Å². The van der Waals surface area contributed by atoms with Crippen LogP contribution in [0.15, 0.2) is 24.3 Å². The average Bonchev–Trinajstić information content (AvgIpc) is 2.94. The standard InChI is InChI=1S/C16H23NO3/c1-18-14-4-2-3-12(9-14)15(17)13-5-7-20-16(10-13)6-8-19-11-16/h2-4,9,13,15H,5-8,10-11,17H2,1H3. The average molecular weight is 277 g/mol. The molecule has 0 amide bonds. The first-order valence-electron chi connectivity index (χ1n) is 7.34. The summed E-state index contributed by atoms with van der Waals surface area (Å²) in [5, 5.41) is 0. The highest BCUT2D eigenvalue weighted by molar-refractivity contribution is 5.30. The molecule has 20 heavy (non-hydrogen) atoms. The van der Waals surface area contributed by atoms with E-state index in [-0.39, 0.29) is 11.6 Å². The second-order valence-corrected chi connectivity index (χ2v) is 5.89. The zero-order valence-corrected chi connectivity index (χ0v) is 12.0. The molecule has 1 spiro atoms. The van der Waals surface area contributed by atoms with Gasteiger partial charge in [0.15, 0.2) is 0 Å². The summed E-state index contributed by atoms with van der Waals surface area (Å²) in [6, 6.07) is 8.11. The lowest BCUT2D eigenvalue weighted by molar-refractivity contribution is -0.101. The van der Waals surface area contributed by atoms with Crippen molar-refractivity contribution in [2.75, 3.05) is 26.9 Å². The highest BCUT2D eigenvalue weighted by Crippen LogP contribution is 2.40. The molecule has 1 aromatic carbocycles. The van der Waals surface area contributed by atoms with E-state index in [1.807, 2.05) is 18.2 Å². The molecule has 2 fully saturated rings. The Labute approximate surface area is 120 Å². The van der Waals surface area contributed by atoms with Crippen LogP contribution in [0.3, 0.4) is 0 Å². The normalized spacial score (nSPS) is 31.4. The lowest BCUT2D eigenvalue weighted by Crippen LogP contribution is -2.43. The number of nitrogens with two attached hydrogens (primary N) is 1. The van der Waals surface area contributed by atoms with E-state index in [0.717, 1.165) is 43.8 Å². The fourth-order valence-electron chi connectivity index (χ4n) is 3.36. The summed E-state index contributed by atoms with van der Waals surface area (Å²) >= 11 is 0. The van der Waals surface area contributed by atoms with E-state index in [2.05, 4.69) is 6.07 Å². The molecule has 2 N–H and O–H groups in total. The van der Waals surface area contributed by atoms with E-state index in [1.165, 1.54) is 0 Å². The Kier molecular flexibility index (Phi) is 3.96. The first-order valence-corrected chi connectivity index (χ1v) is 7.34. The van der Waals surface area contributed by atoms with Crippen LogP contribution >= 0.6 is 0 Å². The van der Waals surface area contributed by atoms with Gasteiger partial charge in [0.2, 0.25) is 0 Å². The molecule has 110 valence electrons. The highest BCUT2D eigenvalue weighted by Gasteiger charge is 2.42. The molecule has 0 saturated carbocycles. The van der Waals surface area contributed by atoms with Crippen LogP contribution in [0.5, 0.6) is 5.75 Å². The molecule has 3 rings (SSSR count). The monoisotopic (exact) mass is 277 g/mol. The number of hydrogen-bond acceptors (Lipinski definition) is 4. The minimum Gasteiger partial charge on any atom is -0.497 e. The minimum atomic E-state index is -0.0839. The summed E-state index contributed by atoms with van der Waals surface area (Å²) in [7, 11) is 1.68. The maximum absolute atomic E-state index is 6.49. The molecule has 1 aromatic rings. The van der Waals surface area contributed by atoms with Crippen molar-refractivity contribution in [3.63, 3.8) is 0 Å². The number of benzene rings is 1. The molecule has 0 aromatic heterocycles. The third kappa shape index (κ3) is 2.68. The molecule has 2 saturated heterocycles. The van der Waals surface area contributed by atoms with Crippen molar-refractivity contribution in [2.45, 2.75) is 30.9 Å². The van der Waals surface area contributed by atoms with Gasteiger partial charge in [0.1, 0.15) is 5.75 Å². The van der Waals surface area contributed by atoms with Crippen LogP contribution in [0.4, 0.5) is 0 Å². The third-order valence-electron chi connectivity index (χ3n) is 4.58. The Morgan fingerprint density at radius 1 is 1.40 bits per heavy atom. The quantitative estimate of drug-likeness (QED) is 0.921. The Balaban J connectivity index is 1.74. The van der Waals surface area contributed by atoms with Gasteiger partial charge in [-0.15, -0.1) is 0 Å². The van der Waals surface area contributed by atoms with Gasteiger partial charge in [0.05, 0.1) is 19.3 Å². The predicted molar refractivity (Wildman–Crippen MR) is 76.8 cm³/mol. The van der Waals surface area contributed by atoms with Gasteiger partial charge >= 0.3 is 0 Å². The summed E-state index contributed by atoms with van der Waals surface area (Å²) in [6.07, 6.45) is 3.00. The van der Waals surface area contributed by atoms with Gasteiger partial charge in [-0.3, -0.25) is 0 Å². The zero-order valence-electron chi connectivity index (χ0n) is 12.0. The van der Waals surface area contributed by atoms with Gasteiger partial charge in [-0.2, -0.15) is 0 Å². The topological polar surface area (TPSA) is 53.7 Å². The van der Waals surface area contributed by atoms with E-state index in [4.69, 9.17) is 19.9 Å². The van der Waals surface area contributed by atoms with Crippen LogP contribution in [-0.4, -0.2) is 32.5 Å². The van der Waals surface area contributed by atoms with Gasteiger partial charge < -0.3 is 19.9 Å². The molecular weight excluding hydrogens is 254 g/mol. The summed E-state index contributed by atoms with van der Waals surface area (Å²) in [5.74, 6) is 1.31. The smallest absolute Gasteiger partial charge is 0.119 e. The molecule has 4 nitrogen and oxygen atoms in total. The largest absolute Gasteiger partial charge is 0.497 e. The van der Waals surface area contributed by atoms with E-state index >= 15 is 0 Å². The molecule has 3 atom stereocenters. The van der Waals surface area contributed by atoms with Crippen molar-refractivity contribution in [3.05, 3.63) is 29.8 Å². The first-order chi connectivity index (χ1) is 9.72. The van der Waals surface area contributed by atoms with Crippen LogP contribution in [0.2, 0.25) is 0 Å². The molecule has 0 aliphatic carbocycles. The second-order valence-electron chi connectivity index (χ2n) is 5.89. The lowest BCUT2D eigenvalue weighted by Gasteiger charge is -2.39. The Bertz CT molecular complexity index is 457. The van der Waals surface area contributed by atoms with Gasteiger partial charge in [-0.1, -0.05) is 12.1 Å². The molecule has 0 bridgehead atoms. The van der Waals surface area contributed by atoms with Crippen LogP contribution in [0.1, 0.15) is 30.9 Å². The van der Waals surface area contributed by atoms with Gasteiger partial charge in [0, 0.05) is 25.7 Å². The Hall–Kier alpha value is -1.10. The summed E-state index contributed by atoms with van der Waals surface area (Å²) in [5.41, 5.74) is 7.55. The predicted octanol–water partition coefficient (Wildman–Crippen LogP) is 2.28. The van der Waals surface area contributed by atoms with Crippen LogP contribution in [0, 0.1) is 5.92 Å². The number of ether oxygens (including phenoxy) is 3. The Morgan fingerprint density at radius 2 is 2.30 bits per heavy atom. The van der Waals surface area contributed by atoms with E-state index in [9.17, 15) is 0 Å². The summed E-state index contributed by atoms with van der Waals surface area (Å²) in [6.45, 7) is 2.31. The van der Waals surface area contributed by atoms with Crippen LogP contribution in [0.25, 0.3) is 0 Å². The summed E-state index contributed by atoms with van der Waals surface area (Å²) < 4.78 is 16.8.